The molecule has 4 rings (SSSR count). The molecule has 3 aromatic rings. The number of pyridine rings is 1. The average molecular weight is 420 g/mol. The van der Waals surface area contributed by atoms with Crippen LogP contribution in [0.25, 0.3) is 0 Å². The molecule has 1 aliphatic heterocycles. The average Bonchev–Trinajstić information content (AvgIpc) is 2.81. The maximum absolute atomic E-state index is 14.1. The Morgan fingerprint density at radius 2 is 1.60 bits per heavy atom. The molecule has 156 valence electrons. The summed E-state index contributed by atoms with van der Waals surface area (Å²) in [5, 5.41) is 5.14. The SMILES string of the molecule is CC(CC1CCC(c2ccccn2)CN1)OP(=O)(c1ccccc1)c1ccccc1. The van der Waals surface area contributed by atoms with Crippen LogP contribution in [-0.2, 0) is 9.09 Å². The van der Waals surface area contributed by atoms with Crippen LogP contribution in [0.2, 0.25) is 0 Å². The van der Waals surface area contributed by atoms with Gasteiger partial charge in [-0.15, -0.1) is 0 Å². The summed E-state index contributed by atoms with van der Waals surface area (Å²) < 4.78 is 20.4. The van der Waals surface area contributed by atoms with Crippen molar-refractivity contribution < 1.29 is 9.09 Å². The van der Waals surface area contributed by atoms with Crippen LogP contribution >= 0.6 is 7.37 Å². The minimum Gasteiger partial charge on any atom is -0.319 e. The van der Waals surface area contributed by atoms with Gasteiger partial charge in [0.05, 0.1) is 6.10 Å². The Kier molecular flexibility index (Phi) is 6.79. The number of nitrogens with one attached hydrogen (secondary N) is 1. The first-order valence-corrected chi connectivity index (χ1v) is 12.3. The van der Waals surface area contributed by atoms with E-state index in [1.807, 2.05) is 79.9 Å². The van der Waals surface area contributed by atoms with Gasteiger partial charge in [-0.25, -0.2) is 0 Å². The third-order valence-corrected chi connectivity index (χ3v) is 8.37. The third kappa shape index (κ3) is 4.89. The monoisotopic (exact) mass is 420 g/mol. The first-order chi connectivity index (χ1) is 14.6. The maximum Gasteiger partial charge on any atom is 0.261 e. The van der Waals surface area contributed by atoms with Crippen molar-refractivity contribution >= 4 is 18.0 Å². The van der Waals surface area contributed by atoms with Gasteiger partial charge in [0.25, 0.3) is 7.37 Å². The molecule has 1 aromatic heterocycles. The summed E-state index contributed by atoms with van der Waals surface area (Å²) in [5.41, 5.74) is 1.16. The van der Waals surface area contributed by atoms with Crippen molar-refractivity contribution in [2.75, 3.05) is 6.54 Å². The number of hydrogen-bond donors (Lipinski definition) is 1. The van der Waals surface area contributed by atoms with Crippen molar-refractivity contribution in [1.82, 2.24) is 10.3 Å². The molecule has 4 nitrogen and oxygen atoms in total. The lowest BCUT2D eigenvalue weighted by Crippen LogP contribution is -2.40. The van der Waals surface area contributed by atoms with Crippen molar-refractivity contribution in [1.29, 1.82) is 0 Å². The second-order valence-electron chi connectivity index (χ2n) is 8.01. The van der Waals surface area contributed by atoms with Gasteiger partial charge in [-0.3, -0.25) is 9.55 Å². The zero-order chi connectivity index (χ0) is 20.8. The number of piperidine rings is 1. The molecule has 1 saturated heterocycles. The summed E-state index contributed by atoms with van der Waals surface area (Å²) in [5.74, 6) is 0.457. The number of aromatic nitrogens is 1. The predicted molar refractivity (Wildman–Crippen MR) is 123 cm³/mol. The van der Waals surface area contributed by atoms with E-state index < -0.39 is 7.37 Å². The van der Waals surface area contributed by atoms with E-state index in [-0.39, 0.29) is 6.10 Å². The molecule has 30 heavy (non-hydrogen) atoms. The van der Waals surface area contributed by atoms with Crippen LogP contribution in [0.1, 0.15) is 37.8 Å². The Hall–Kier alpha value is -2.26. The number of benzene rings is 2. The van der Waals surface area contributed by atoms with Crippen LogP contribution in [0.5, 0.6) is 0 Å². The van der Waals surface area contributed by atoms with Crippen molar-refractivity contribution in [3.05, 3.63) is 90.8 Å². The van der Waals surface area contributed by atoms with Gasteiger partial charge in [-0.2, -0.15) is 0 Å². The van der Waals surface area contributed by atoms with Crippen LogP contribution in [-0.4, -0.2) is 23.7 Å². The molecule has 3 atom stereocenters. The van der Waals surface area contributed by atoms with Crippen LogP contribution in [0.3, 0.4) is 0 Å². The van der Waals surface area contributed by atoms with Crippen LogP contribution in [0.15, 0.2) is 85.1 Å². The molecule has 0 spiro atoms. The fourth-order valence-electron chi connectivity index (χ4n) is 4.20. The van der Waals surface area contributed by atoms with Crippen molar-refractivity contribution in [2.45, 2.75) is 44.2 Å². The van der Waals surface area contributed by atoms with Crippen molar-refractivity contribution in [2.24, 2.45) is 0 Å². The van der Waals surface area contributed by atoms with E-state index in [4.69, 9.17) is 4.52 Å². The fraction of sp³-hybridized carbons (Fsp3) is 0.320. The van der Waals surface area contributed by atoms with E-state index in [0.29, 0.717) is 12.0 Å². The van der Waals surface area contributed by atoms with Gasteiger partial charge in [0.15, 0.2) is 0 Å². The molecular formula is C25H29N2O2P. The van der Waals surface area contributed by atoms with Gasteiger partial charge in [-0.05, 0) is 62.6 Å². The molecular weight excluding hydrogens is 391 g/mol. The summed E-state index contributed by atoms with van der Waals surface area (Å²) in [7, 11) is -3.15. The van der Waals surface area contributed by atoms with E-state index in [1.165, 1.54) is 0 Å². The van der Waals surface area contributed by atoms with E-state index in [1.54, 1.807) is 0 Å². The Labute approximate surface area is 179 Å². The van der Waals surface area contributed by atoms with Crippen LogP contribution in [0.4, 0.5) is 0 Å². The Balaban J connectivity index is 1.42. The van der Waals surface area contributed by atoms with E-state index >= 15 is 0 Å². The highest BCUT2D eigenvalue weighted by molar-refractivity contribution is 7.74. The fourth-order valence-corrected chi connectivity index (χ4v) is 6.47. The van der Waals surface area contributed by atoms with Crippen molar-refractivity contribution in [3.63, 3.8) is 0 Å². The van der Waals surface area contributed by atoms with Gasteiger partial charge in [0.2, 0.25) is 0 Å². The molecule has 5 heteroatoms. The zero-order valence-electron chi connectivity index (χ0n) is 17.4. The molecule has 0 saturated carbocycles. The molecule has 2 aromatic carbocycles. The lowest BCUT2D eigenvalue weighted by atomic mass is 9.90. The molecule has 1 fully saturated rings. The zero-order valence-corrected chi connectivity index (χ0v) is 18.2. The molecule has 3 unspecified atom stereocenters. The highest BCUT2D eigenvalue weighted by atomic mass is 31.2. The summed E-state index contributed by atoms with van der Waals surface area (Å²) in [6, 6.07) is 25.6. The first kappa shape index (κ1) is 21.0. The third-order valence-electron chi connectivity index (χ3n) is 5.76. The van der Waals surface area contributed by atoms with E-state index in [9.17, 15) is 4.57 Å². The Morgan fingerprint density at radius 3 is 2.13 bits per heavy atom. The van der Waals surface area contributed by atoms with Crippen LogP contribution < -0.4 is 15.9 Å². The van der Waals surface area contributed by atoms with Gasteiger partial charge in [-0.1, -0.05) is 42.5 Å². The molecule has 1 aliphatic rings. The molecule has 0 radical (unpaired) electrons. The first-order valence-electron chi connectivity index (χ1n) is 10.7. The summed E-state index contributed by atoms with van der Waals surface area (Å²) in [6.07, 6.45) is 4.74. The number of rotatable bonds is 7. The highest BCUT2D eigenvalue weighted by Gasteiger charge is 2.32. The predicted octanol–water partition coefficient (Wildman–Crippen LogP) is 4.64. The summed E-state index contributed by atoms with van der Waals surface area (Å²) >= 11 is 0. The topological polar surface area (TPSA) is 51.2 Å². The second-order valence-corrected chi connectivity index (χ2v) is 10.4. The second kappa shape index (κ2) is 9.70. The smallest absolute Gasteiger partial charge is 0.261 e. The largest absolute Gasteiger partial charge is 0.319 e. The number of nitrogens with zero attached hydrogens (tertiary/aromatic N) is 1. The van der Waals surface area contributed by atoms with Crippen LogP contribution in [0, 0.1) is 0 Å². The van der Waals surface area contributed by atoms with Crippen molar-refractivity contribution in [3.8, 4) is 0 Å². The normalized spacial score (nSPS) is 20.6. The Morgan fingerprint density at radius 1 is 0.967 bits per heavy atom. The minimum atomic E-state index is -3.15. The minimum absolute atomic E-state index is 0.125. The van der Waals surface area contributed by atoms with Gasteiger partial charge >= 0.3 is 0 Å². The molecule has 0 bridgehead atoms. The molecule has 2 heterocycles. The highest BCUT2D eigenvalue weighted by Crippen LogP contribution is 2.46. The van der Waals surface area contributed by atoms with Gasteiger partial charge < -0.3 is 9.84 Å². The Bertz CT molecular complexity index is 915. The summed E-state index contributed by atoms with van der Waals surface area (Å²) in [6.45, 7) is 2.95. The molecule has 0 amide bonds. The number of hydrogen-bond acceptors (Lipinski definition) is 4. The van der Waals surface area contributed by atoms with E-state index in [2.05, 4.69) is 22.4 Å². The lowest BCUT2D eigenvalue weighted by Gasteiger charge is -2.32. The van der Waals surface area contributed by atoms with E-state index in [0.717, 1.165) is 42.1 Å². The van der Waals surface area contributed by atoms with Gasteiger partial charge in [0.1, 0.15) is 0 Å². The molecule has 1 N–H and O–H groups in total. The quantitative estimate of drug-likeness (QED) is 0.566. The maximum atomic E-state index is 14.1. The summed E-state index contributed by atoms with van der Waals surface area (Å²) in [4.78, 5) is 4.50. The standard InChI is InChI=1S/C25H29N2O2P/c1-20(18-22-16-15-21(19-27-22)25-14-8-9-17-26-25)29-30(28,23-10-4-2-5-11-23)24-12-6-3-7-13-24/h2-14,17,20-22,27H,15-16,18-19H2,1H3. The van der Waals surface area contributed by atoms with Gasteiger partial charge in [0, 0.05) is 41.0 Å². The lowest BCUT2D eigenvalue weighted by molar-refractivity contribution is 0.189. The molecule has 0 aliphatic carbocycles.